The summed E-state index contributed by atoms with van der Waals surface area (Å²) in [5.41, 5.74) is 4.61. The van der Waals surface area contributed by atoms with E-state index in [2.05, 4.69) is 18.2 Å². The zero-order chi connectivity index (χ0) is 29.4. The van der Waals surface area contributed by atoms with Crippen molar-refractivity contribution in [3.63, 3.8) is 0 Å². The third kappa shape index (κ3) is 4.34. The average molecular weight is 562 g/mol. The van der Waals surface area contributed by atoms with E-state index in [0.717, 1.165) is 54.8 Å². The minimum atomic E-state index is 0.619. The van der Waals surface area contributed by atoms with Crippen LogP contribution in [0.2, 0.25) is 0 Å². The van der Waals surface area contributed by atoms with E-state index in [1.54, 1.807) is 42.7 Å². The van der Waals surface area contributed by atoms with Gasteiger partial charge in [-0.15, -0.1) is 0 Å². The van der Waals surface area contributed by atoms with Crippen LogP contribution in [0.25, 0.3) is 54.8 Å². The third-order valence-electron chi connectivity index (χ3n) is 7.66. The summed E-state index contributed by atoms with van der Waals surface area (Å²) in [6, 6.07) is 26.3. The molecule has 6 aromatic rings. The molecule has 0 aliphatic rings. The number of aromatic nitrogens is 1. The van der Waals surface area contributed by atoms with Crippen LogP contribution in [-0.4, -0.2) is 47.6 Å². The highest BCUT2D eigenvalue weighted by molar-refractivity contribution is 6.21. The molecule has 0 radical (unpaired) electrons. The molecule has 0 aliphatic carbocycles. The zero-order valence-electron chi connectivity index (χ0n) is 24.4. The predicted molar refractivity (Wildman–Crippen MR) is 167 cm³/mol. The molecule has 0 atom stereocenters. The molecular formula is C35H31NO6. The molecule has 0 bridgehead atoms. The number of fused-ring (bicyclic) bond motifs is 5. The lowest BCUT2D eigenvalue weighted by Crippen LogP contribution is -1.97. The second kappa shape index (κ2) is 11.0. The second-order valence-corrected chi connectivity index (χ2v) is 9.72. The third-order valence-corrected chi connectivity index (χ3v) is 7.66. The lowest BCUT2D eigenvalue weighted by molar-refractivity contribution is 0.355. The predicted octanol–water partition coefficient (Wildman–Crippen LogP) is 7.93. The van der Waals surface area contributed by atoms with Crippen molar-refractivity contribution in [2.24, 2.45) is 0 Å². The summed E-state index contributed by atoms with van der Waals surface area (Å²) in [6.45, 7) is 0. The standard InChI is InChI=1S/C35H31NO6/c1-37-28-13-11-20(15-30(28)39-3)24-17-26-25-18-32(41-5)33(42-6)19-27(25)34(21-12-14-29(38-2)31(16-21)40-4)36-35(26)23-10-8-7-9-22(23)24/h7-19H,1-6H3. The topological polar surface area (TPSA) is 68.3 Å². The number of nitrogens with zero attached hydrogens (tertiary/aromatic N) is 1. The lowest BCUT2D eigenvalue weighted by Gasteiger charge is -2.18. The van der Waals surface area contributed by atoms with Gasteiger partial charge in [0.25, 0.3) is 0 Å². The first-order chi connectivity index (χ1) is 20.5. The molecule has 42 heavy (non-hydrogen) atoms. The summed E-state index contributed by atoms with van der Waals surface area (Å²) in [7, 11) is 9.82. The van der Waals surface area contributed by atoms with E-state index >= 15 is 0 Å². The molecule has 0 saturated carbocycles. The van der Waals surface area contributed by atoms with E-state index in [1.807, 2.05) is 60.7 Å². The number of rotatable bonds is 8. The highest BCUT2D eigenvalue weighted by atomic mass is 16.5. The molecular weight excluding hydrogens is 530 g/mol. The summed E-state index contributed by atoms with van der Waals surface area (Å²) in [4.78, 5) is 5.32. The summed E-state index contributed by atoms with van der Waals surface area (Å²) in [6.07, 6.45) is 0. The maximum Gasteiger partial charge on any atom is 0.161 e. The first-order valence-corrected chi connectivity index (χ1v) is 13.4. The summed E-state index contributed by atoms with van der Waals surface area (Å²) in [5, 5.41) is 4.98. The Hall–Kier alpha value is -5.17. The van der Waals surface area contributed by atoms with Gasteiger partial charge < -0.3 is 28.4 Å². The van der Waals surface area contributed by atoms with Crippen LogP contribution in [0.4, 0.5) is 0 Å². The van der Waals surface area contributed by atoms with Crippen LogP contribution in [0, 0.1) is 0 Å². The van der Waals surface area contributed by atoms with Crippen molar-refractivity contribution in [2.45, 2.75) is 0 Å². The number of hydrogen-bond acceptors (Lipinski definition) is 7. The van der Waals surface area contributed by atoms with Crippen molar-refractivity contribution >= 4 is 32.4 Å². The minimum Gasteiger partial charge on any atom is -0.493 e. The van der Waals surface area contributed by atoms with Crippen molar-refractivity contribution < 1.29 is 28.4 Å². The van der Waals surface area contributed by atoms with Gasteiger partial charge in [0.1, 0.15) is 0 Å². The van der Waals surface area contributed by atoms with E-state index in [9.17, 15) is 0 Å². The first kappa shape index (κ1) is 27.0. The Morgan fingerprint density at radius 3 is 1.50 bits per heavy atom. The molecule has 0 amide bonds. The van der Waals surface area contributed by atoms with Crippen LogP contribution in [-0.2, 0) is 0 Å². The normalized spacial score (nSPS) is 11.1. The van der Waals surface area contributed by atoms with Crippen LogP contribution in [0.5, 0.6) is 34.5 Å². The number of benzene rings is 5. The van der Waals surface area contributed by atoms with Gasteiger partial charge >= 0.3 is 0 Å². The zero-order valence-corrected chi connectivity index (χ0v) is 24.4. The Bertz CT molecular complexity index is 1970. The Morgan fingerprint density at radius 2 is 0.905 bits per heavy atom. The van der Waals surface area contributed by atoms with Crippen molar-refractivity contribution in [2.75, 3.05) is 42.7 Å². The molecule has 0 N–H and O–H groups in total. The molecule has 0 spiro atoms. The maximum absolute atomic E-state index is 5.75. The largest absolute Gasteiger partial charge is 0.493 e. The maximum atomic E-state index is 5.75. The van der Waals surface area contributed by atoms with Crippen LogP contribution < -0.4 is 28.4 Å². The Labute approximate surface area is 244 Å². The fraction of sp³-hybridized carbons (Fsp3) is 0.171. The van der Waals surface area contributed by atoms with Crippen molar-refractivity contribution in [1.82, 2.24) is 4.98 Å². The monoisotopic (exact) mass is 561 g/mol. The number of ether oxygens (including phenoxy) is 6. The molecule has 212 valence electrons. The first-order valence-electron chi connectivity index (χ1n) is 13.4. The quantitative estimate of drug-likeness (QED) is 0.175. The van der Waals surface area contributed by atoms with Gasteiger partial charge in [0.15, 0.2) is 34.5 Å². The van der Waals surface area contributed by atoms with Gasteiger partial charge in [0.2, 0.25) is 0 Å². The fourth-order valence-corrected chi connectivity index (χ4v) is 5.60. The van der Waals surface area contributed by atoms with Gasteiger partial charge in [-0.1, -0.05) is 30.3 Å². The van der Waals surface area contributed by atoms with E-state index in [-0.39, 0.29) is 0 Å². The van der Waals surface area contributed by atoms with Crippen molar-refractivity contribution in [3.05, 3.63) is 78.9 Å². The van der Waals surface area contributed by atoms with Crippen LogP contribution >= 0.6 is 0 Å². The Balaban J connectivity index is 1.76. The van der Waals surface area contributed by atoms with Gasteiger partial charge in [-0.05, 0) is 70.4 Å². The fourth-order valence-electron chi connectivity index (χ4n) is 5.60. The van der Waals surface area contributed by atoms with E-state index < -0.39 is 0 Å². The molecule has 0 aliphatic heterocycles. The highest BCUT2D eigenvalue weighted by Gasteiger charge is 2.20. The molecule has 7 heteroatoms. The molecule has 7 nitrogen and oxygen atoms in total. The smallest absolute Gasteiger partial charge is 0.161 e. The SMILES string of the molecule is COc1ccc(-c2nc3c4ccccc4c(-c4ccc(OC)c(OC)c4)cc3c3cc(OC)c(OC)cc23)cc1OC. The number of hydrogen-bond donors (Lipinski definition) is 0. The van der Waals surface area contributed by atoms with Gasteiger partial charge in [-0.3, -0.25) is 0 Å². The van der Waals surface area contributed by atoms with E-state index in [1.165, 1.54) is 0 Å². The molecule has 0 fully saturated rings. The van der Waals surface area contributed by atoms with Crippen molar-refractivity contribution in [3.8, 4) is 56.9 Å². The summed E-state index contributed by atoms with van der Waals surface area (Å²) in [5.74, 6) is 3.87. The van der Waals surface area contributed by atoms with Crippen LogP contribution in [0.1, 0.15) is 0 Å². The second-order valence-electron chi connectivity index (χ2n) is 9.72. The van der Waals surface area contributed by atoms with E-state index in [4.69, 9.17) is 33.4 Å². The van der Waals surface area contributed by atoms with Crippen LogP contribution in [0.3, 0.4) is 0 Å². The lowest BCUT2D eigenvalue weighted by atomic mass is 9.91. The molecule has 5 aromatic carbocycles. The number of methoxy groups -OCH3 is 6. The molecule has 6 rings (SSSR count). The molecule has 0 unspecified atom stereocenters. The highest BCUT2D eigenvalue weighted by Crippen LogP contribution is 2.45. The van der Waals surface area contributed by atoms with Gasteiger partial charge in [0, 0.05) is 21.7 Å². The minimum absolute atomic E-state index is 0.619. The average Bonchev–Trinajstić information content (AvgIpc) is 3.06. The van der Waals surface area contributed by atoms with Gasteiger partial charge in [0.05, 0.1) is 53.9 Å². The molecule has 1 heterocycles. The van der Waals surface area contributed by atoms with Crippen LogP contribution in [0.15, 0.2) is 78.9 Å². The molecule has 1 aromatic heterocycles. The molecule has 0 saturated heterocycles. The summed E-state index contributed by atoms with van der Waals surface area (Å²) < 4.78 is 33.7. The summed E-state index contributed by atoms with van der Waals surface area (Å²) >= 11 is 0. The van der Waals surface area contributed by atoms with Gasteiger partial charge in [-0.2, -0.15) is 0 Å². The van der Waals surface area contributed by atoms with Gasteiger partial charge in [-0.25, -0.2) is 4.98 Å². The Morgan fingerprint density at radius 1 is 0.405 bits per heavy atom. The van der Waals surface area contributed by atoms with Crippen molar-refractivity contribution in [1.29, 1.82) is 0 Å². The Kier molecular flexibility index (Phi) is 7.08. The number of pyridine rings is 1. The van der Waals surface area contributed by atoms with E-state index in [0.29, 0.717) is 34.5 Å².